The van der Waals surface area contributed by atoms with Crippen molar-refractivity contribution in [3.8, 4) is 11.5 Å². The van der Waals surface area contributed by atoms with Crippen molar-refractivity contribution >= 4 is 32.2 Å². The molecule has 0 aromatic heterocycles. The van der Waals surface area contributed by atoms with Crippen LogP contribution in [-0.4, -0.2) is 42.0 Å². The van der Waals surface area contributed by atoms with E-state index in [0.29, 0.717) is 0 Å². The molecule has 0 bridgehead atoms. The van der Waals surface area contributed by atoms with E-state index in [1.807, 2.05) is 0 Å². The van der Waals surface area contributed by atoms with E-state index >= 15 is 0 Å². The second-order valence-corrected chi connectivity index (χ2v) is 11.1. The summed E-state index contributed by atoms with van der Waals surface area (Å²) >= 11 is 0. The molecule has 3 rings (SSSR count). The first kappa shape index (κ1) is 35.9. The van der Waals surface area contributed by atoms with Crippen molar-refractivity contribution in [2.75, 3.05) is 13.2 Å². The van der Waals surface area contributed by atoms with Gasteiger partial charge in [-0.25, -0.2) is 53.5 Å². The molecule has 0 unspecified atom stereocenters. The van der Waals surface area contributed by atoms with Crippen molar-refractivity contribution in [1.29, 1.82) is 0 Å². The van der Waals surface area contributed by atoms with Crippen LogP contribution in [0.4, 0.5) is 43.9 Å². The first-order valence-corrected chi connectivity index (χ1v) is 14.5. The molecule has 250 valence electrons. The highest BCUT2D eigenvalue weighted by Gasteiger charge is 2.39. The van der Waals surface area contributed by atoms with Gasteiger partial charge in [0, 0.05) is 12.1 Å². The molecule has 0 atom stereocenters. The number of carbonyl (C=O) groups excluding carboxylic acids is 2. The number of halogens is 10. The lowest BCUT2D eigenvalue weighted by Gasteiger charge is -2.17. The van der Waals surface area contributed by atoms with Crippen molar-refractivity contribution in [1.82, 2.24) is 0 Å². The minimum Gasteiger partial charge on any atom is -0.462 e. The molecule has 0 N–H and O–H groups in total. The average Bonchev–Trinajstić information content (AvgIpc) is 2.97. The van der Waals surface area contributed by atoms with E-state index in [0.717, 1.165) is 13.8 Å². The summed E-state index contributed by atoms with van der Waals surface area (Å²) in [6.45, 7) is 1.15. The average molecular weight is 714 g/mol. The number of hydrogen-bond acceptors (Lipinski definition) is 10. The predicted octanol–water partition coefficient (Wildman–Crippen LogP) is 4.97. The van der Waals surface area contributed by atoms with Crippen molar-refractivity contribution < 1.29 is 88.2 Å². The predicted molar refractivity (Wildman–Crippen MR) is 126 cm³/mol. The van der Waals surface area contributed by atoms with Crippen LogP contribution in [-0.2, 0) is 29.7 Å². The molecule has 0 amide bonds. The molecule has 0 heterocycles. The highest BCUT2D eigenvalue weighted by atomic mass is 32.2. The van der Waals surface area contributed by atoms with Crippen LogP contribution in [0.5, 0.6) is 11.5 Å². The van der Waals surface area contributed by atoms with Gasteiger partial charge in [0.15, 0.2) is 67.8 Å². The van der Waals surface area contributed by atoms with Crippen LogP contribution < -0.4 is 8.37 Å². The molecular formula is C24H12F10O10S2. The summed E-state index contributed by atoms with van der Waals surface area (Å²) in [6, 6.07) is 0.0501. The van der Waals surface area contributed by atoms with Gasteiger partial charge in [-0.3, -0.25) is 0 Å². The van der Waals surface area contributed by atoms with Crippen molar-refractivity contribution in [3.63, 3.8) is 0 Å². The molecule has 3 aromatic carbocycles. The largest absolute Gasteiger partial charge is 0.462 e. The number of ether oxygens (including phenoxy) is 2. The van der Waals surface area contributed by atoms with E-state index in [9.17, 15) is 70.3 Å². The fourth-order valence-electron chi connectivity index (χ4n) is 3.36. The number of carbonyl (C=O) groups is 2. The van der Waals surface area contributed by atoms with Gasteiger partial charge in [0.25, 0.3) is 0 Å². The van der Waals surface area contributed by atoms with Crippen LogP contribution in [0.2, 0.25) is 0 Å². The Labute approximate surface area is 250 Å². The highest BCUT2D eigenvalue weighted by molar-refractivity contribution is 7.87. The van der Waals surface area contributed by atoms with Gasteiger partial charge in [0.2, 0.25) is 11.6 Å². The molecule has 10 nitrogen and oxygen atoms in total. The van der Waals surface area contributed by atoms with Crippen LogP contribution in [0.3, 0.4) is 0 Å². The Kier molecular flexibility index (Phi) is 10.2. The number of esters is 2. The van der Waals surface area contributed by atoms with E-state index in [2.05, 4.69) is 17.8 Å². The maximum atomic E-state index is 14.3. The smallest absolute Gasteiger partial charge is 0.345 e. The van der Waals surface area contributed by atoms with Crippen LogP contribution in [0.1, 0.15) is 34.6 Å². The Hall–Kier alpha value is -4.60. The molecule has 0 fully saturated rings. The topological polar surface area (TPSA) is 139 Å². The zero-order valence-electron chi connectivity index (χ0n) is 22.2. The first-order chi connectivity index (χ1) is 21.2. The lowest BCUT2D eigenvalue weighted by Crippen LogP contribution is -2.21. The molecule has 0 spiro atoms. The third-order valence-corrected chi connectivity index (χ3v) is 7.83. The minimum atomic E-state index is -6.21. The van der Waals surface area contributed by atoms with Gasteiger partial charge in [-0.15, -0.1) is 0 Å². The third-order valence-electron chi connectivity index (χ3n) is 5.31. The van der Waals surface area contributed by atoms with E-state index in [-0.39, 0.29) is 12.1 Å². The molecule has 3 aromatic rings. The van der Waals surface area contributed by atoms with Gasteiger partial charge in [-0.1, -0.05) is 0 Å². The zero-order valence-corrected chi connectivity index (χ0v) is 23.9. The fourth-order valence-corrected chi connectivity index (χ4v) is 5.51. The number of rotatable bonds is 10. The second kappa shape index (κ2) is 13.0. The molecule has 0 aliphatic rings. The van der Waals surface area contributed by atoms with Gasteiger partial charge in [0.1, 0.15) is 11.1 Å². The molecule has 0 aliphatic heterocycles. The van der Waals surface area contributed by atoms with Crippen molar-refractivity contribution in [3.05, 3.63) is 81.4 Å². The molecule has 0 radical (unpaired) electrons. The molecule has 46 heavy (non-hydrogen) atoms. The Morgan fingerprint density at radius 3 is 0.978 bits per heavy atom. The van der Waals surface area contributed by atoms with Crippen LogP contribution >= 0.6 is 0 Å². The van der Waals surface area contributed by atoms with E-state index in [4.69, 9.17) is 0 Å². The Balaban J connectivity index is 2.34. The standard InChI is InChI=1S/C24H12F10O10S2/c1-3-41-23(35)7-5-10(44-46(39,40)22-19(33)15(29)12(26)16(30)20(22)34)8(24(36)42-4-2)6-9(7)43-45(37,38)21-17(31)13(27)11(25)14(28)18(21)32/h5-6H,3-4H2,1-2H3. The maximum Gasteiger partial charge on any atom is 0.345 e. The molecule has 22 heteroatoms. The lowest BCUT2D eigenvalue weighted by atomic mass is 10.1. The van der Waals surface area contributed by atoms with Gasteiger partial charge < -0.3 is 17.8 Å². The monoisotopic (exact) mass is 714 g/mol. The van der Waals surface area contributed by atoms with Gasteiger partial charge in [-0.05, 0) is 13.8 Å². The van der Waals surface area contributed by atoms with Crippen molar-refractivity contribution in [2.45, 2.75) is 23.6 Å². The van der Waals surface area contributed by atoms with Crippen LogP contribution in [0.25, 0.3) is 0 Å². The van der Waals surface area contributed by atoms with Gasteiger partial charge in [-0.2, -0.15) is 16.8 Å². The summed E-state index contributed by atoms with van der Waals surface area (Å²) in [4.78, 5) is 20.0. The Bertz CT molecular complexity index is 1800. The molecule has 0 saturated heterocycles. The minimum absolute atomic E-state index is 0.0250. The molecule has 0 aliphatic carbocycles. The maximum absolute atomic E-state index is 14.3. The zero-order chi connectivity index (χ0) is 35.0. The van der Waals surface area contributed by atoms with E-state index in [1.165, 1.54) is 0 Å². The third kappa shape index (κ3) is 6.38. The summed E-state index contributed by atoms with van der Waals surface area (Å²) in [7, 11) is -12.4. The number of hydrogen-bond donors (Lipinski definition) is 0. The normalized spacial score (nSPS) is 11.7. The molecule has 0 saturated carbocycles. The van der Waals surface area contributed by atoms with E-state index in [1.54, 1.807) is 0 Å². The number of benzene rings is 3. The van der Waals surface area contributed by atoms with Gasteiger partial charge in [0.05, 0.1) is 13.2 Å². The van der Waals surface area contributed by atoms with Crippen LogP contribution in [0, 0.1) is 58.2 Å². The summed E-state index contributed by atoms with van der Waals surface area (Å²) in [5.74, 6) is -34.9. The Morgan fingerprint density at radius 2 is 0.739 bits per heavy atom. The van der Waals surface area contributed by atoms with Crippen molar-refractivity contribution in [2.24, 2.45) is 0 Å². The highest BCUT2D eigenvalue weighted by Crippen LogP contribution is 2.37. The Morgan fingerprint density at radius 1 is 0.500 bits per heavy atom. The lowest BCUT2D eigenvalue weighted by molar-refractivity contribution is 0.0507. The SMILES string of the molecule is CCOC(=O)c1cc(OS(=O)(=O)c2c(F)c(F)c(F)c(F)c2F)c(C(=O)OCC)cc1OS(=O)(=O)c1c(F)c(F)c(F)c(F)c1F. The van der Waals surface area contributed by atoms with E-state index < -0.39 is 136 Å². The fraction of sp³-hybridized carbons (Fsp3) is 0.167. The summed E-state index contributed by atoms with van der Waals surface area (Å²) < 4.78 is 208. The second-order valence-electron chi connectivity index (χ2n) is 8.16. The first-order valence-electron chi connectivity index (χ1n) is 11.7. The van der Waals surface area contributed by atoms with Gasteiger partial charge >= 0.3 is 32.2 Å². The summed E-state index contributed by atoms with van der Waals surface area (Å²) in [5, 5.41) is 0. The quantitative estimate of drug-likeness (QED) is 0.0931. The summed E-state index contributed by atoms with van der Waals surface area (Å²) in [5.41, 5.74) is -2.74. The van der Waals surface area contributed by atoms with Crippen LogP contribution in [0.15, 0.2) is 21.9 Å². The molecular weight excluding hydrogens is 702 g/mol. The summed E-state index contributed by atoms with van der Waals surface area (Å²) in [6.07, 6.45) is 0.